The van der Waals surface area contributed by atoms with E-state index >= 15 is 0 Å². The summed E-state index contributed by atoms with van der Waals surface area (Å²) in [6.45, 7) is 2.63. The van der Waals surface area contributed by atoms with Crippen LogP contribution in [0.25, 0.3) is 0 Å². The van der Waals surface area contributed by atoms with Gasteiger partial charge in [0.2, 0.25) is 5.91 Å². The topological polar surface area (TPSA) is 49.4 Å². The lowest BCUT2D eigenvalue weighted by molar-refractivity contribution is -0.124. The molecular weight excluding hydrogens is 380 g/mol. The molecule has 0 aliphatic carbocycles. The van der Waals surface area contributed by atoms with E-state index in [1.54, 1.807) is 23.3 Å². The number of nitrogens with zero attached hydrogens (tertiary/aromatic N) is 1. The van der Waals surface area contributed by atoms with Crippen LogP contribution in [0.5, 0.6) is 0 Å². The van der Waals surface area contributed by atoms with Crippen molar-refractivity contribution in [2.45, 2.75) is 25.3 Å². The molecule has 29 heavy (non-hydrogen) atoms. The molecule has 1 N–H and O–H groups in total. The summed E-state index contributed by atoms with van der Waals surface area (Å²) in [6, 6.07) is 19.5. The van der Waals surface area contributed by atoms with Gasteiger partial charge in [0.05, 0.1) is 12.0 Å². The van der Waals surface area contributed by atoms with E-state index in [-0.39, 0.29) is 17.9 Å². The molecule has 0 unspecified atom stereocenters. The smallest absolute Gasteiger partial charge is 0.254 e. The number of benzene rings is 2. The molecule has 4 nitrogen and oxygen atoms in total. The molecule has 0 saturated heterocycles. The Morgan fingerprint density at radius 3 is 2.55 bits per heavy atom. The Morgan fingerprint density at radius 1 is 1.07 bits per heavy atom. The van der Waals surface area contributed by atoms with Crippen LogP contribution in [-0.2, 0) is 11.2 Å². The minimum absolute atomic E-state index is 0.0392. The number of carbonyl (C=O) groups excluding carboxylic acids is 2. The summed E-state index contributed by atoms with van der Waals surface area (Å²) < 4.78 is 0. The Labute approximate surface area is 175 Å². The zero-order valence-corrected chi connectivity index (χ0v) is 17.4. The van der Waals surface area contributed by atoms with Gasteiger partial charge in [0.1, 0.15) is 0 Å². The summed E-state index contributed by atoms with van der Waals surface area (Å²) in [5, 5.41) is 5.10. The van der Waals surface area contributed by atoms with Gasteiger partial charge in [-0.15, -0.1) is 11.3 Å². The summed E-state index contributed by atoms with van der Waals surface area (Å²) in [5.41, 5.74) is 3.84. The number of aryl methyl sites for hydroxylation is 1. The Morgan fingerprint density at radius 2 is 1.83 bits per heavy atom. The molecule has 2 aromatic carbocycles. The molecule has 5 heteroatoms. The quantitative estimate of drug-likeness (QED) is 0.688. The molecule has 3 aromatic rings. The number of amides is 2. The van der Waals surface area contributed by atoms with Gasteiger partial charge in [0.15, 0.2) is 0 Å². The number of carbonyl (C=O) groups is 2. The fourth-order valence-electron chi connectivity index (χ4n) is 3.97. The van der Waals surface area contributed by atoms with Gasteiger partial charge < -0.3 is 10.2 Å². The van der Waals surface area contributed by atoms with Gasteiger partial charge >= 0.3 is 0 Å². The SMILES string of the molecule is Cc1ccc(CCNC(=O)[C@H]2c3ccccc3C(=O)N(C)[C@H]2c2cccs2)cc1. The van der Waals surface area contributed by atoms with Crippen LogP contribution < -0.4 is 5.32 Å². The van der Waals surface area contributed by atoms with Crippen molar-refractivity contribution >= 4 is 23.2 Å². The fourth-order valence-corrected chi connectivity index (χ4v) is 4.87. The van der Waals surface area contributed by atoms with E-state index in [0.717, 1.165) is 16.9 Å². The molecule has 0 bridgehead atoms. The van der Waals surface area contributed by atoms with E-state index in [2.05, 4.69) is 36.5 Å². The van der Waals surface area contributed by atoms with Crippen molar-refractivity contribution in [2.24, 2.45) is 0 Å². The second kappa shape index (κ2) is 8.21. The van der Waals surface area contributed by atoms with E-state index in [1.807, 2.05) is 41.8 Å². The lowest BCUT2D eigenvalue weighted by Gasteiger charge is -2.39. The summed E-state index contributed by atoms with van der Waals surface area (Å²) in [7, 11) is 1.79. The minimum atomic E-state index is -0.425. The summed E-state index contributed by atoms with van der Waals surface area (Å²) in [4.78, 5) is 29.0. The normalized spacial score (nSPS) is 18.4. The third-order valence-electron chi connectivity index (χ3n) is 5.53. The molecule has 148 valence electrons. The monoisotopic (exact) mass is 404 g/mol. The van der Waals surface area contributed by atoms with E-state index in [0.29, 0.717) is 12.1 Å². The molecule has 0 fully saturated rings. The second-order valence-corrected chi connectivity index (χ2v) is 8.45. The van der Waals surface area contributed by atoms with Crippen LogP contribution in [0.15, 0.2) is 66.0 Å². The van der Waals surface area contributed by atoms with E-state index in [4.69, 9.17) is 0 Å². The van der Waals surface area contributed by atoms with E-state index < -0.39 is 5.92 Å². The van der Waals surface area contributed by atoms with Gasteiger partial charge in [-0.1, -0.05) is 54.1 Å². The highest BCUT2D eigenvalue weighted by Gasteiger charge is 2.42. The zero-order chi connectivity index (χ0) is 20.4. The molecule has 0 saturated carbocycles. The van der Waals surface area contributed by atoms with Crippen LogP contribution in [0.3, 0.4) is 0 Å². The number of thiophene rings is 1. The standard InChI is InChI=1S/C24H24N2O2S/c1-16-9-11-17(12-10-16)13-14-25-23(27)21-18-6-3-4-7-19(18)24(28)26(2)22(21)20-8-5-15-29-20/h3-12,15,21-22H,13-14H2,1-2H3,(H,25,27)/t21-,22-/m0/s1. The predicted molar refractivity (Wildman–Crippen MR) is 116 cm³/mol. The van der Waals surface area contributed by atoms with Crippen molar-refractivity contribution in [1.29, 1.82) is 0 Å². The first-order valence-corrected chi connectivity index (χ1v) is 10.7. The van der Waals surface area contributed by atoms with Crippen LogP contribution >= 0.6 is 11.3 Å². The Hall–Kier alpha value is -2.92. The maximum Gasteiger partial charge on any atom is 0.254 e. The Balaban J connectivity index is 1.59. The van der Waals surface area contributed by atoms with Gasteiger partial charge in [-0.05, 0) is 42.0 Å². The first-order valence-electron chi connectivity index (χ1n) is 9.79. The van der Waals surface area contributed by atoms with Gasteiger partial charge in [-0.25, -0.2) is 0 Å². The number of fused-ring (bicyclic) bond motifs is 1. The van der Waals surface area contributed by atoms with Gasteiger partial charge in [-0.3, -0.25) is 9.59 Å². The van der Waals surface area contributed by atoms with Crippen LogP contribution in [-0.4, -0.2) is 30.3 Å². The Bertz CT molecular complexity index is 1010. The molecule has 0 spiro atoms. The van der Waals surface area contributed by atoms with E-state index in [1.165, 1.54) is 11.1 Å². The Kier molecular flexibility index (Phi) is 5.49. The fraction of sp³-hybridized carbons (Fsp3) is 0.250. The largest absolute Gasteiger partial charge is 0.355 e. The van der Waals surface area contributed by atoms with Crippen LogP contribution in [0.4, 0.5) is 0 Å². The number of nitrogens with one attached hydrogen (secondary N) is 1. The molecule has 4 rings (SSSR count). The van der Waals surface area contributed by atoms with Crippen molar-refractivity contribution < 1.29 is 9.59 Å². The van der Waals surface area contributed by atoms with Crippen LogP contribution in [0.1, 0.15) is 43.9 Å². The average Bonchev–Trinajstić information content (AvgIpc) is 3.26. The highest BCUT2D eigenvalue weighted by Crippen LogP contribution is 2.43. The predicted octanol–water partition coefficient (Wildman–Crippen LogP) is 4.33. The number of rotatable bonds is 5. The number of hydrogen-bond donors (Lipinski definition) is 1. The molecular formula is C24H24N2O2S. The number of hydrogen-bond acceptors (Lipinski definition) is 3. The summed E-state index contributed by atoms with van der Waals surface area (Å²) in [5.74, 6) is -0.504. The first kappa shape index (κ1) is 19.4. The lowest BCUT2D eigenvalue weighted by Crippen LogP contribution is -2.45. The van der Waals surface area contributed by atoms with Gasteiger partial charge in [0, 0.05) is 24.0 Å². The molecule has 1 aliphatic heterocycles. The number of likely N-dealkylation sites (N-methyl/N-ethyl adjacent to an activating group) is 1. The van der Waals surface area contributed by atoms with Gasteiger partial charge in [0.25, 0.3) is 5.91 Å². The highest BCUT2D eigenvalue weighted by molar-refractivity contribution is 7.10. The third-order valence-corrected chi connectivity index (χ3v) is 6.47. The van der Waals surface area contributed by atoms with Crippen molar-refractivity contribution in [1.82, 2.24) is 10.2 Å². The first-order chi connectivity index (χ1) is 14.1. The zero-order valence-electron chi connectivity index (χ0n) is 16.6. The second-order valence-electron chi connectivity index (χ2n) is 7.47. The molecule has 1 aliphatic rings. The lowest BCUT2D eigenvalue weighted by atomic mass is 9.81. The van der Waals surface area contributed by atoms with Crippen molar-refractivity contribution in [3.05, 3.63) is 93.2 Å². The molecule has 1 aromatic heterocycles. The molecule has 2 atom stereocenters. The maximum absolute atomic E-state index is 13.3. The van der Waals surface area contributed by atoms with Crippen molar-refractivity contribution in [3.63, 3.8) is 0 Å². The highest BCUT2D eigenvalue weighted by atomic mass is 32.1. The average molecular weight is 405 g/mol. The van der Waals surface area contributed by atoms with Gasteiger partial charge in [-0.2, -0.15) is 0 Å². The third kappa shape index (κ3) is 3.83. The van der Waals surface area contributed by atoms with Crippen molar-refractivity contribution in [2.75, 3.05) is 13.6 Å². The summed E-state index contributed by atoms with van der Waals surface area (Å²) >= 11 is 1.58. The molecule has 0 radical (unpaired) electrons. The van der Waals surface area contributed by atoms with Crippen molar-refractivity contribution in [3.8, 4) is 0 Å². The van der Waals surface area contributed by atoms with Crippen LogP contribution in [0, 0.1) is 6.92 Å². The minimum Gasteiger partial charge on any atom is -0.355 e. The van der Waals surface area contributed by atoms with E-state index in [9.17, 15) is 9.59 Å². The summed E-state index contributed by atoms with van der Waals surface area (Å²) in [6.07, 6.45) is 0.777. The maximum atomic E-state index is 13.3. The van der Waals surface area contributed by atoms with Crippen LogP contribution in [0.2, 0.25) is 0 Å². The molecule has 2 heterocycles. The molecule has 2 amide bonds.